The summed E-state index contributed by atoms with van der Waals surface area (Å²) in [7, 11) is 0. The quantitative estimate of drug-likeness (QED) is 0.500. The van der Waals surface area contributed by atoms with Gasteiger partial charge in [-0.1, -0.05) is 0 Å². The van der Waals surface area contributed by atoms with Gasteiger partial charge in [-0.05, 0) is 18.6 Å². The lowest BCUT2D eigenvalue weighted by Gasteiger charge is -2.00. The second-order valence-electron chi connectivity index (χ2n) is 2.13. The van der Waals surface area contributed by atoms with Crippen LogP contribution in [0, 0.1) is 6.92 Å². The van der Waals surface area contributed by atoms with Crippen molar-refractivity contribution in [2.24, 2.45) is 0 Å². The summed E-state index contributed by atoms with van der Waals surface area (Å²) < 4.78 is 0. The van der Waals surface area contributed by atoms with Crippen molar-refractivity contribution in [2.45, 2.75) is 11.8 Å². The molecule has 10 heavy (non-hydrogen) atoms. The van der Waals surface area contributed by atoms with Crippen LogP contribution >= 0.6 is 12.6 Å². The number of phenols is 2. The molecule has 0 aliphatic carbocycles. The maximum Gasteiger partial charge on any atom is 0.132 e. The highest BCUT2D eigenvalue weighted by molar-refractivity contribution is 7.80. The summed E-state index contributed by atoms with van der Waals surface area (Å²) >= 11 is 3.95. The molecule has 0 unspecified atom stereocenters. The van der Waals surface area contributed by atoms with E-state index >= 15 is 0 Å². The van der Waals surface area contributed by atoms with Crippen molar-refractivity contribution in [3.63, 3.8) is 0 Å². The van der Waals surface area contributed by atoms with Gasteiger partial charge in [0.05, 0.1) is 0 Å². The van der Waals surface area contributed by atoms with E-state index in [0.717, 1.165) is 0 Å². The first-order chi connectivity index (χ1) is 4.61. The molecule has 0 radical (unpaired) electrons. The zero-order chi connectivity index (χ0) is 7.72. The Labute approximate surface area is 64.5 Å². The first-order valence-electron chi connectivity index (χ1n) is 2.83. The van der Waals surface area contributed by atoms with Gasteiger partial charge in [-0.3, -0.25) is 0 Å². The molecular formula is C7H8O2S. The van der Waals surface area contributed by atoms with E-state index in [-0.39, 0.29) is 11.5 Å². The maximum absolute atomic E-state index is 9.03. The van der Waals surface area contributed by atoms with Crippen LogP contribution in [0.3, 0.4) is 0 Å². The third-order valence-corrected chi connectivity index (χ3v) is 1.65. The summed E-state index contributed by atoms with van der Waals surface area (Å²) in [6, 6.07) is 2.88. The smallest absolute Gasteiger partial charge is 0.132 e. The fourth-order valence-corrected chi connectivity index (χ4v) is 0.928. The van der Waals surface area contributed by atoms with Crippen LogP contribution in [0.1, 0.15) is 5.56 Å². The van der Waals surface area contributed by atoms with Crippen LogP contribution in [0.4, 0.5) is 0 Å². The Morgan fingerprint density at radius 2 is 1.80 bits per heavy atom. The third kappa shape index (κ3) is 1.19. The summed E-state index contributed by atoms with van der Waals surface area (Å²) in [5.41, 5.74) is 0.711. The Bertz CT molecular complexity index is 208. The molecule has 0 saturated carbocycles. The standard InChI is InChI=1S/C7H8O2S/c1-4-2-7(10)6(9)3-5(4)8/h2-3,8-10H,1H3. The highest BCUT2D eigenvalue weighted by Crippen LogP contribution is 2.28. The number of benzene rings is 1. The molecule has 0 aliphatic rings. The summed E-state index contributed by atoms with van der Waals surface area (Å²) in [6.07, 6.45) is 0. The monoisotopic (exact) mass is 156 g/mol. The molecule has 0 atom stereocenters. The Hall–Kier alpha value is -0.830. The minimum absolute atomic E-state index is 0.00596. The van der Waals surface area contributed by atoms with Crippen LogP contribution in [0.2, 0.25) is 0 Å². The van der Waals surface area contributed by atoms with Crippen LogP contribution < -0.4 is 0 Å². The van der Waals surface area contributed by atoms with Gasteiger partial charge >= 0.3 is 0 Å². The number of thiol groups is 1. The van der Waals surface area contributed by atoms with Crippen LogP contribution in [-0.4, -0.2) is 10.2 Å². The fourth-order valence-electron chi connectivity index (χ4n) is 0.670. The second-order valence-corrected chi connectivity index (χ2v) is 2.61. The van der Waals surface area contributed by atoms with Crippen molar-refractivity contribution < 1.29 is 10.2 Å². The Balaban J connectivity index is 3.28. The van der Waals surface area contributed by atoms with Gasteiger partial charge in [0.15, 0.2) is 0 Å². The lowest BCUT2D eigenvalue weighted by molar-refractivity contribution is 0.439. The number of aryl methyl sites for hydroxylation is 1. The van der Waals surface area contributed by atoms with Gasteiger partial charge in [0.25, 0.3) is 0 Å². The van der Waals surface area contributed by atoms with Crippen molar-refractivity contribution in [1.29, 1.82) is 0 Å². The van der Waals surface area contributed by atoms with Crippen LogP contribution in [0.25, 0.3) is 0 Å². The van der Waals surface area contributed by atoms with Crippen molar-refractivity contribution in [2.75, 3.05) is 0 Å². The first kappa shape index (κ1) is 7.28. The van der Waals surface area contributed by atoms with Gasteiger partial charge in [-0.2, -0.15) is 0 Å². The predicted octanol–water partition coefficient (Wildman–Crippen LogP) is 1.69. The van der Waals surface area contributed by atoms with Crippen molar-refractivity contribution in [3.05, 3.63) is 17.7 Å². The maximum atomic E-state index is 9.03. The summed E-state index contributed by atoms with van der Waals surface area (Å²) in [5, 5.41) is 18.0. The number of phenolic OH excluding ortho intramolecular Hbond substituents is 2. The van der Waals surface area contributed by atoms with Crippen molar-refractivity contribution in [3.8, 4) is 11.5 Å². The molecule has 3 heteroatoms. The molecule has 0 fully saturated rings. The van der Waals surface area contributed by atoms with Gasteiger partial charge in [-0.25, -0.2) is 0 Å². The Morgan fingerprint density at radius 3 is 2.30 bits per heavy atom. The average molecular weight is 156 g/mol. The van der Waals surface area contributed by atoms with E-state index in [0.29, 0.717) is 10.5 Å². The molecule has 1 rings (SSSR count). The van der Waals surface area contributed by atoms with Crippen LogP contribution in [-0.2, 0) is 0 Å². The first-order valence-corrected chi connectivity index (χ1v) is 3.27. The predicted molar refractivity (Wildman–Crippen MR) is 41.8 cm³/mol. The van der Waals surface area contributed by atoms with Crippen LogP contribution in [0.15, 0.2) is 17.0 Å². The zero-order valence-electron chi connectivity index (χ0n) is 5.50. The van der Waals surface area contributed by atoms with E-state index in [2.05, 4.69) is 12.6 Å². The summed E-state index contributed by atoms with van der Waals surface area (Å²) in [6.45, 7) is 1.74. The minimum atomic E-state index is 0.00596. The average Bonchev–Trinajstić information content (AvgIpc) is 1.84. The molecule has 1 aromatic carbocycles. The minimum Gasteiger partial charge on any atom is -0.508 e. The molecule has 54 valence electrons. The molecule has 0 aromatic heterocycles. The normalized spacial score (nSPS) is 9.80. The van der Waals surface area contributed by atoms with E-state index in [1.165, 1.54) is 6.07 Å². The number of rotatable bonds is 0. The van der Waals surface area contributed by atoms with Crippen molar-refractivity contribution >= 4 is 12.6 Å². The Morgan fingerprint density at radius 1 is 1.20 bits per heavy atom. The highest BCUT2D eigenvalue weighted by Gasteiger charge is 2.00. The van der Waals surface area contributed by atoms with E-state index in [1.807, 2.05) is 0 Å². The topological polar surface area (TPSA) is 40.5 Å². The van der Waals surface area contributed by atoms with Gasteiger partial charge in [0.2, 0.25) is 0 Å². The lowest BCUT2D eigenvalue weighted by atomic mass is 10.2. The summed E-state index contributed by atoms with van der Waals surface area (Å²) in [4.78, 5) is 0.482. The van der Waals surface area contributed by atoms with E-state index in [4.69, 9.17) is 10.2 Å². The van der Waals surface area contributed by atoms with Crippen LogP contribution in [0.5, 0.6) is 11.5 Å². The van der Waals surface area contributed by atoms with Gasteiger partial charge in [-0.15, -0.1) is 12.6 Å². The van der Waals surface area contributed by atoms with Crippen molar-refractivity contribution in [1.82, 2.24) is 0 Å². The Kier molecular flexibility index (Phi) is 1.76. The molecule has 0 saturated heterocycles. The number of aromatic hydroxyl groups is 2. The number of hydrogen-bond acceptors (Lipinski definition) is 3. The molecule has 0 heterocycles. The highest BCUT2D eigenvalue weighted by atomic mass is 32.1. The molecule has 0 bridgehead atoms. The second kappa shape index (κ2) is 2.42. The molecule has 0 spiro atoms. The summed E-state index contributed by atoms with van der Waals surface area (Å²) in [5.74, 6) is 0.0988. The molecule has 1 aromatic rings. The third-order valence-electron chi connectivity index (χ3n) is 1.29. The molecule has 0 aliphatic heterocycles. The zero-order valence-corrected chi connectivity index (χ0v) is 6.39. The largest absolute Gasteiger partial charge is 0.508 e. The van der Waals surface area contributed by atoms with Gasteiger partial charge in [0, 0.05) is 11.0 Å². The van der Waals surface area contributed by atoms with Gasteiger partial charge in [0.1, 0.15) is 11.5 Å². The van der Waals surface area contributed by atoms with E-state index in [9.17, 15) is 0 Å². The number of hydrogen-bond donors (Lipinski definition) is 3. The van der Waals surface area contributed by atoms with E-state index < -0.39 is 0 Å². The SMILES string of the molecule is Cc1cc(S)c(O)cc1O. The molecule has 2 N–H and O–H groups in total. The lowest BCUT2D eigenvalue weighted by Crippen LogP contribution is -1.75. The molecule has 0 amide bonds. The molecule has 2 nitrogen and oxygen atoms in total. The molecular weight excluding hydrogens is 148 g/mol. The fraction of sp³-hybridized carbons (Fsp3) is 0.143. The van der Waals surface area contributed by atoms with E-state index in [1.54, 1.807) is 13.0 Å². The van der Waals surface area contributed by atoms with Gasteiger partial charge < -0.3 is 10.2 Å².